The Labute approximate surface area is 74.6 Å². The molecule has 6 heteroatoms. The third kappa shape index (κ3) is 3.93. The first-order valence-corrected chi connectivity index (χ1v) is 5.05. The van der Waals surface area contributed by atoms with Crippen molar-refractivity contribution in [2.75, 3.05) is 5.75 Å². The Kier molecular flexibility index (Phi) is 2.92. The number of pyridine rings is 1. The van der Waals surface area contributed by atoms with E-state index >= 15 is 0 Å². The van der Waals surface area contributed by atoms with Crippen molar-refractivity contribution < 1.29 is 16.7 Å². The zero-order chi connectivity index (χ0) is 9.90. The molecule has 0 aromatic carbocycles. The van der Waals surface area contributed by atoms with Gasteiger partial charge in [-0.15, -0.1) is 3.89 Å². The lowest BCUT2D eigenvalue weighted by molar-refractivity contribution is 0.550. The van der Waals surface area contributed by atoms with Crippen molar-refractivity contribution in [2.45, 2.75) is 6.42 Å². The Morgan fingerprint density at radius 3 is 2.69 bits per heavy atom. The Morgan fingerprint density at radius 1 is 1.46 bits per heavy atom. The molecule has 1 aromatic rings. The monoisotopic (exact) mass is 207 g/mol. The molecule has 1 rings (SSSR count). The standard InChI is InChI=1S/C7H7F2NO2S/c8-6-1-3-10-7(5-6)2-4-13(9,11)12/h1,3,5H,2,4H2. The van der Waals surface area contributed by atoms with Crippen LogP contribution in [0.4, 0.5) is 8.28 Å². The average molecular weight is 207 g/mol. The van der Waals surface area contributed by atoms with E-state index in [0.717, 1.165) is 12.1 Å². The van der Waals surface area contributed by atoms with E-state index in [-0.39, 0.29) is 12.1 Å². The molecule has 0 fully saturated rings. The molecule has 0 saturated heterocycles. The van der Waals surface area contributed by atoms with Crippen LogP contribution in [0.3, 0.4) is 0 Å². The third-order valence-electron chi connectivity index (χ3n) is 1.38. The van der Waals surface area contributed by atoms with Crippen molar-refractivity contribution in [3.8, 4) is 0 Å². The SMILES string of the molecule is O=S(=O)(F)CCc1cc(F)ccn1. The van der Waals surface area contributed by atoms with Gasteiger partial charge in [0.1, 0.15) is 5.82 Å². The minimum absolute atomic E-state index is 0.114. The molecule has 0 amide bonds. The lowest BCUT2D eigenvalue weighted by atomic mass is 10.3. The van der Waals surface area contributed by atoms with Gasteiger partial charge in [0.25, 0.3) is 0 Å². The fourth-order valence-corrected chi connectivity index (χ4v) is 1.26. The van der Waals surface area contributed by atoms with Gasteiger partial charge in [-0.2, -0.15) is 8.42 Å². The summed E-state index contributed by atoms with van der Waals surface area (Å²) < 4.78 is 44.7. The molecular weight excluding hydrogens is 200 g/mol. The third-order valence-corrected chi connectivity index (χ3v) is 2.07. The molecule has 0 atom stereocenters. The summed E-state index contributed by atoms with van der Waals surface area (Å²) in [5.74, 6) is -1.18. The van der Waals surface area contributed by atoms with Gasteiger partial charge in [0.05, 0.1) is 5.75 Å². The van der Waals surface area contributed by atoms with Gasteiger partial charge >= 0.3 is 10.2 Å². The van der Waals surface area contributed by atoms with Crippen molar-refractivity contribution in [2.24, 2.45) is 0 Å². The first-order chi connectivity index (χ1) is 5.97. The van der Waals surface area contributed by atoms with Crippen molar-refractivity contribution in [3.63, 3.8) is 0 Å². The molecular formula is C7H7F2NO2S. The summed E-state index contributed by atoms with van der Waals surface area (Å²) in [4.78, 5) is 3.67. The van der Waals surface area contributed by atoms with Crippen molar-refractivity contribution in [1.29, 1.82) is 0 Å². The molecule has 0 aliphatic heterocycles. The summed E-state index contributed by atoms with van der Waals surface area (Å²) in [5, 5.41) is 0. The summed E-state index contributed by atoms with van der Waals surface area (Å²) >= 11 is 0. The smallest absolute Gasteiger partial charge is 0.261 e. The van der Waals surface area contributed by atoms with Crippen LogP contribution in [-0.4, -0.2) is 19.2 Å². The van der Waals surface area contributed by atoms with Gasteiger partial charge < -0.3 is 0 Å². The highest BCUT2D eigenvalue weighted by atomic mass is 32.3. The Hall–Kier alpha value is -1.04. The second-order valence-electron chi connectivity index (χ2n) is 2.46. The Morgan fingerprint density at radius 2 is 2.15 bits per heavy atom. The van der Waals surface area contributed by atoms with Crippen LogP contribution in [0, 0.1) is 5.82 Å². The van der Waals surface area contributed by atoms with Crippen LogP contribution in [0.1, 0.15) is 5.69 Å². The zero-order valence-corrected chi connectivity index (χ0v) is 7.39. The lowest BCUT2D eigenvalue weighted by Crippen LogP contribution is -2.03. The van der Waals surface area contributed by atoms with E-state index in [1.54, 1.807) is 0 Å². The van der Waals surface area contributed by atoms with Gasteiger partial charge in [-0.3, -0.25) is 4.98 Å². The summed E-state index contributed by atoms with van der Waals surface area (Å²) in [5.41, 5.74) is 0.223. The first-order valence-electron chi connectivity index (χ1n) is 3.50. The number of halogens is 2. The molecule has 72 valence electrons. The van der Waals surface area contributed by atoms with E-state index in [1.165, 1.54) is 6.20 Å². The summed E-state index contributed by atoms with van der Waals surface area (Å²) in [7, 11) is -4.50. The van der Waals surface area contributed by atoms with E-state index in [2.05, 4.69) is 4.98 Å². The quantitative estimate of drug-likeness (QED) is 0.696. The van der Waals surface area contributed by atoms with Crippen LogP contribution >= 0.6 is 0 Å². The molecule has 1 heterocycles. The van der Waals surface area contributed by atoms with Crippen LogP contribution in [0.15, 0.2) is 18.3 Å². The number of hydrogen-bond donors (Lipinski definition) is 0. The fraction of sp³-hybridized carbons (Fsp3) is 0.286. The number of aromatic nitrogens is 1. The maximum absolute atomic E-state index is 12.5. The second kappa shape index (κ2) is 3.78. The number of hydrogen-bond acceptors (Lipinski definition) is 3. The van der Waals surface area contributed by atoms with Gasteiger partial charge in [0, 0.05) is 18.3 Å². The highest BCUT2D eigenvalue weighted by Gasteiger charge is 2.08. The molecule has 0 radical (unpaired) electrons. The number of rotatable bonds is 3. The minimum atomic E-state index is -4.50. The highest BCUT2D eigenvalue weighted by molar-refractivity contribution is 7.86. The van der Waals surface area contributed by atoms with Crippen LogP contribution in [0.5, 0.6) is 0 Å². The maximum Gasteiger partial charge on any atom is 0.302 e. The van der Waals surface area contributed by atoms with E-state index < -0.39 is 21.8 Å². The summed E-state index contributed by atoms with van der Waals surface area (Å²) in [6.45, 7) is 0. The number of nitrogens with zero attached hydrogens (tertiary/aromatic N) is 1. The van der Waals surface area contributed by atoms with Gasteiger partial charge in [-0.1, -0.05) is 0 Å². The molecule has 0 bridgehead atoms. The largest absolute Gasteiger partial charge is 0.302 e. The highest BCUT2D eigenvalue weighted by Crippen LogP contribution is 2.02. The summed E-state index contributed by atoms with van der Waals surface area (Å²) in [6, 6.07) is 2.21. The summed E-state index contributed by atoms with van der Waals surface area (Å²) in [6.07, 6.45) is 1.09. The molecule has 0 spiro atoms. The Balaban J connectivity index is 2.65. The molecule has 0 N–H and O–H groups in total. The van der Waals surface area contributed by atoms with Crippen molar-refractivity contribution in [1.82, 2.24) is 4.98 Å². The molecule has 0 aliphatic carbocycles. The van der Waals surface area contributed by atoms with E-state index in [0.29, 0.717) is 0 Å². The van der Waals surface area contributed by atoms with E-state index in [9.17, 15) is 16.7 Å². The normalized spacial score (nSPS) is 11.5. The van der Waals surface area contributed by atoms with Gasteiger partial charge in [0.15, 0.2) is 0 Å². The van der Waals surface area contributed by atoms with Crippen LogP contribution in [-0.2, 0) is 16.6 Å². The minimum Gasteiger partial charge on any atom is -0.261 e. The zero-order valence-electron chi connectivity index (χ0n) is 6.57. The molecule has 13 heavy (non-hydrogen) atoms. The fourth-order valence-electron chi connectivity index (χ4n) is 0.812. The van der Waals surface area contributed by atoms with Crippen LogP contribution in [0.25, 0.3) is 0 Å². The van der Waals surface area contributed by atoms with E-state index in [4.69, 9.17) is 0 Å². The molecule has 1 aromatic heterocycles. The average Bonchev–Trinajstić information content (AvgIpc) is 2.00. The Bertz CT molecular complexity index is 391. The number of aryl methyl sites for hydroxylation is 1. The first kappa shape index (κ1) is 10.0. The van der Waals surface area contributed by atoms with E-state index in [1.807, 2.05) is 0 Å². The predicted molar refractivity (Wildman–Crippen MR) is 42.8 cm³/mol. The maximum atomic E-state index is 12.5. The van der Waals surface area contributed by atoms with Crippen molar-refractivity contribution in [3.05, 3.63) is 29.8 Å². The van der Waals surface area contributed by atoms with Crippen LogP contribution in [0.2, 0.25) is 0 Å². The van der Waals surface area contributed by atoms with Crippen LogP contribution < -0.4 is 0 Å². The van der Waals surface area contributed by atoms with Gasteiger partial charge in [-0.05, 0) is 12.1 Å². The van der Waals surface area contributed by atoms with Gasteiger partial charge in [-0.25, -0.2) is 4.39 Å². The molecule has 0 saturated carbocycles. The second-order valence-corrected chi connectivity index (χ2v) is 3.94. The molecule has 0 aliphatic rings. The predicted octanol–water partition coefficient (Wildman–Crippen LogP) is 1.06. The van der Waals surface area contributed by atoms with Crippen molar-refractivity contribution >= 4 is 10.2 Å². The lowest BCUT2D eigenvalue weighted by Gasteiger charge is -1.96. The topological polar surface area (TPSA) is 47.0 Å². The van der Waals surface area contributed by atoms with Gasteiger partial charge in [0.2, 0.25) is 0 Å². The molecule has 0 unspecified atom stereocenters. The molecule has 3 nitrogen and oxygen atoms in total.